The summed E-state index contributed by atoms with van der Waals surface area (Å²) >= 11 is 0. The quantitative estimate of drug-likeness (QED) is 0.602. The van der Waals surface area contributed by atoms with E-state index < -0.39 is 0 Å². The van der Waals surface area contributed by atoms with Crippen LogP contribution >= 0.6 is 0 Å². The van der Waals surface area contributed by atoms with Crippen molar-refractivity contribution >= 4 is 5.69 Å². The molecule has 0 spiro atoms. The van der Waals surface area contributed by atoms with Crippen molar-refractivity contribution < 1.29 is 0 Å². The van der Waals surface area contributed by atoms with Gasteiger partial charge in [0, 0.05) is 25.3 Å². The SMILES string of the molecule is Nc1ccccc1CNCCN1CCCCC1. The largest absolute Gasteiger partial charge is 0.398 e. The molecule has 1 aromatic rings. The van der Waals surface area contributed by atoms with Crippen LogP contribution in [0.15, 0.2) is 24.3 Å². The standard InChI is InChI=1S/C14H23N3/c15-14-7-3-2-6-13(14)12-16-8-11-17-9-4-1-5-10-17/h2-3,6-7,16H,1,4-5,8-12,15H2. The van der Waals surface area contributed by atoms with E-state index in [0.717, 1.165) is 25.3 Å². The molecule has 1 aliphatic heterocycles. The van der Waals surface area contributed by atoms with Crippen LogP contribution in [-0.4, -0.2) is 31.1 Å². The highest BCUT2D eigenvalue weighted by Crippen LogP contribution is 2.10. The first kappa shape index (κ1) is 12.4. The second-order valence-electron chi connectivity index (χ2n) is 4.78. The first-order valence-electron chi connectivity index (χ1n) is 6.63. The van der Waals surface area contributed by atoms with Crippen molar-refractivity contribution in [3.05, 3.63) is 29.8 Å². The summed E-state index contributed by atoms with van der Waals surface area (Å²) in [5.74, 6) is 0. The van der Waals surface area contributed by atoms with Crippen LogP contribution in [0, 0.1) is 0 Å². The molecule has 3 nitrogen and oxygen atoms in total. The van der Waals surface area contributed by atoms with Gasteiger partial charge in [0.1, 0.15) is 0 Å². The van der Waals surface area contributed by atoms with Crippen LogP contribution < -0.4 is 11.1 Å². The number of anilines is 1. The van der Waals surface area contributed by atoms with Crippen LogP contribution in [0.3, 0.4) is 0 Å². The molecule has 94 valence electrons. The molecular formula is C14H23N3. The van der Waals surface area contributed by atoms with E-state index in [1.165, 1.54) is 37.9 Å². The summed E-state index contributed by atoms with van der Waals surface area (Å²) in [7, 11) is 0. The van der Waals surface area contributed by atoms with Gasteiger partial charge in [-0.15, -0.1) is 0 Å². The minimum atomic E-state index is 0.876. The second kappa shape index (κ2) is 6.62. The molecule has 1 aromatic carbocycles. The maximum absolute atomic E-state index is 5.90. The Kier molecular flexibility index (Phi) is 4.83. The lowest BCUT2D eigenvalue weighted by molar-refractivity contribution is 0.229. The minimum Gasteiger partial charge on any atom is -0.398 e. The number of nitrogen functional groups attached to an aromatic ring is 1. The molecule has 17 heavy (non-hydrogen) atoms. The first-order valence-corrected chi connectivity index (χ1v) is 6.63. The fourth-order valence-corrected chi connectivity index (χ4v) is 2.34. The Morgan fingerprint density at radius 2 is 1.88 bits per heavy atom. The van der Waals surface area contributed by atoms with Gasteiger partial charge >= 0.3 is 0 Å². The van der Waals surface area contributed by atoms with Crippen LogP contribution in [0.5, 0.6) is 0 Å². The van der Waals surface area contributed by atoms with E-state index in [1.54, 1.807) is 0 Å². The Hall–Kier alpha value is -1.06. The molecule has 3 N–H and O–H groups in total. The van der Waals surface area contributed by atoms with Crippen molar-refractivity contribution in [1.82, 2.24) is 10.2 Å². The highest BCUT2D eigenvalue weighted by Gasteiger charge is 2.08. The number of nitrogens with two attached hydrogens (primary N) is 1. The monoisotopic (exact) mass is 233 g/mol. The molecule has 1 heterocycles. The number of benzene rings is 1. The highest BCUT2D eigenvalue weighted by atomic mass is 15.1. The average molecular weight is 233 g/mol. The molecule has 0 radical (unpaired) electrons. The lowest BCUT2D eigenvalue weighted by Crippen LogP contribution is -2.35. The van der Waals surface area contributed by atoms with Gasteiger partial charge in [-0.2, -0.15) is 0 Å². The van der Waals surface area contributed by atoms with E-state index in [0.29, 0.717) is 0 Å². The van der Waals surface area contributed by atoms with Crippen LogP contribution in [0.4, 0.5) is 5.69 Å². The van der Waals surface area contributed by atoms with Crippen LogP contribution in [-0.2, 0) is 6.54 Å². The van der Waals surface area contributed by atoms with Gasteiger partial charge in [-0.05, 0) is 37.6 Å². The van der Waals surface area contributed by atoms with Gasteiger partial charge in [0.2, 0.25) is 0 Å². The maximum atomic E-state index is 5.90. The smallest absolute Gasteiger partial charge is 0.0359 e. The molecule has 2 rings (SSSR count). The highest BCUT2D eigenvalue weighted by molar-refractivity contribution is 5.46. The molecule has 0 amide bonds. The Morgan fingerprint density at radius 1 is 1.12 bits per heavy atom. The lowest BCUT2D eigenvalue weighted by atomic mass is 10.1. The summed E-state index contributed by atoms with van der Waals surface area (Å²) in [5.41, 5.74) is 7.98. The van der Waals surface area contributed by atoms with Gasteiger partial charge in [-0.3, -0.25) is 0 Å². The predicted octanol–water partition coefficient (Wildman–Crippen LogP) is 1.84. The van der Waals surface area contributed by atoms with E-state index in [-0.39, 0.29) is 0 Å². The van der Waals surface area contributed by atoms with E-state index in [9.17, 15) is 0 Å². The fraction of sp³-hybridized carbons (Fsp3) is 0.571. The molecule has 0 aliphatic carbocycles. The second-order valence-corrected chi connectivity index (χ2v) is 4.78. The number of hydrogen-bond acceptors (Lipinski definition) is 3. The van der Waals surface area contributed by atoms with E-state index in [2.05, 4.69) is 16.3 Å². The molecule has 1 saturated heterocycles. The summed E-state index contributed by atoms with van der Waals surface area (Å²) in [6.07, 6.45) is 4.14. The number of nitrogens with one attached hydrogen (secondary N) is 1. The Bertz CT molecular complexity index is 332. The molecule has 1 aliphatic rings. The van der Waals surface area contributed by atoms with Gasteiger partial charge in [-0.1, -0.05) is 24.6 Å². The van der Waals surface area contributed by atoms with Gasteiger partial charge in [0.05, 0.1) is 0 Å². The third kappa shape index (κ3) is 4.02. The zero-order valence-electron chi connectivity index (χ0n) is 10.5. The van der Waals surface area contributed by atoms with Crippen molar-refractivity contribution in [2.45, 2.75) is 25.8 Å². The van der Waals surface area contributed by atoms with Gasteiger partial charge < -0.3 is 16.0 Å². The van der Waals surface area contributed by atoms with Crippen LogP contribution in [0.25, 0.3) is 0 Å². The first-order chi connectivity index (χ1) is 8.36. The van der Waals surface area contributed by atoms with Gasteiger partial charge in [-0.25, -0.2) is 0 Å². The Labute approximate surface area is 104 Å². The number of rotatable bonds is 5. The maximum Gasteiger partial charge on any atom is 0.0359 e. The van der Waals surface area contributed by atoms with E-state index >= 15 is 0 Å². The molecule has 1 fully saturated rings. The van der Waals surface area contributed by atoms with Gasteiger partial charge in [0.25, 0.3) is 0 Å². The molecule has 0 saturated carbocycles. The molecule has 3 heteroatoms. The molecule has 0 aromatic heterocycles. The molecule has 0 atom stereocenters. The number of para-hydroxylation sites is 1. The molecule has 0 bridgehead atoms. The number of likely N-dealkylation sites (tertiary alicyclic amines) is 1. The average Bonchev–Trinajstić information content (AvgIpc) is 2.38. The summed E-state index contributed by atoms with van der Waals surface area (Å²) in [6, 6.07) is 8.06. The third-order valence-electron chi connectivity index (χ3n) is 3.42. The summed E-state index contributed by atoms with van der Waals surface area (Å²) < 4.78 is 0. The topological polar surface area (TPSA) is 41.3 Å². The minimum absolute atomic E-state index is 0.876. The van der Waals surface area contributed by atoms with E-state index in [1.807, 2.05) is 18.2 Å². The van der Waals surface area contributed by atoms with Crippen molar-refractivity contribution in [2.24, 2.45) is 0 Å². The summed E-state index contributed by atoms with van der Waals surface area (Å²) in [6.45, 7) is 5.63. The number of nitrogens with zero attached hydrogens (tertiary/aromatic N) is 1. The van der Waals surface area contributed by atoms with Crippen LogP contribution in [0.2, 0.25) is 0 Å². The zero-order valence-corrected chi connectivity index (χ0v) is 10.5. The molecular weight excluding hydrogens is 210 g/mol. The van der Waals surface area contributed by atoms with Gasteiger partial charge in [0.15, 0.2) is 0 Å². The Balaban J connectivity index is 1.64. The number of hydrogen-bond donors (Lipinski definition) is 2. The van der Waals surface area contributed by atoms with Crippen molar-refractivity contribution in [1.29, 1.82) is 0 Å². The fourth-order valence-electron chi connectivity index (χ4n) is 2.34. The number of piperidine rings is 1. The van der Waals surface area contributed by atoms with E-state index in [4.69, 9.17) is 5.73 Å². The Morgan fingerprint density at radius 3 is 2.65 bits per heavy atom. The summed E-state index contributed by atoms with van der Waals surface area (Å²) in [4.78, 5) is 2.55. The van der Waals surface area contributed by atoms with Crippen molar-refractivity contribution in [2.75, 3.05) is 31.9 Å². The normalized spacial score (nSPS) is 17.2. The third-order valence-corrected chi connectivity index (χ3v) is 3.42. The zero-order chi connectivity index (χ0) is 11.9. The lowest BCUT2D eigenvalue weighted by Gasteiger charge is -2.26. The molecule has 0 unspecified atom stereocenters. The van der Waals surface area contributed by atoms with Crippen LogP contribution in [0.1, 0.15) is 24.8 Å². The summed E-state index contributed by atoms with van der Waals surface area (Å²) in [5, 5.41) is 3.47. The van der Waals surface area contributed by atoms with Crippen molar-refractivity contribution in [3.63, 3.8) is 0 Å². The van der Waals surface area contributed by atoms with Crippen molar-refractivity contribution in [3.8, 4) is 0 Å². The predicted molar refractivity (Wildman–Crippen MR) is 72.9 cm³/mol.